The smallest absolute Gasteiger partial charge is 0.459 e. The molecule has 1 fully saturated rings. The number of esters is 1. The summed E-state index contributed by atoms with van der Waals surface area (Å²) in [6, 6.07) is 9.65. The zero-order chi connectivity index (χ0) is 32.6. The molecule has 4 N–H and O–H groups in total. The number of aromatic nitrogens is 2. The number of aliphatic hydroxyl groups is 1. The van der Waals surface area contributed by atoms with Crippen LogP contribution in [0.15, 0.2) is 53.5 Å². The van der Waals surface area contributed by atoms with Crippen LogP contribution in [0.4, 0.5) is 27.8 Å². The van der Waals surface area contributed by atoms with Gasteiger partial charge in [-0.2, -0.15) is 18.9 Å². The van der Waals surface area contributed by atoms with Crippen LogP contribution >= 0.6 is 7.75 Å². The number of halogens is 5. The summed E-state index contributed by atoms with van der Waals surface area (Å²) < 4.78 is 108. The molecule has 3 aromatic rings. The molecule has 0 amide bonds. The highest BCUT2D eigenvalue weighted by Gasteiger charge is 2.74. The second kappa shape index (κ2) is 12.4. The fourth-order valence-electron chi connectivity index (χ4n) is 4.28. The number of nitrogens with zero attached hydrogens (tertiary/aromatic N) is 2. The van der Waals surface area contributed by atoms with Crippen LogP contribution in [-0.2, 0) is 23.4 Å². The van der Waals surface area contributed by atoms with E-state index in [1.54, 1.807) is 30.3 Å². The Morgan fingerprint density at radius 2 is 1.86 bits per heavy atom. The Morgan fingerprint density at radius 3 is 2.50 bits per heavy atom. The third kappa shape index (κ3) is 6.42. The van der Waals surface area contributed by atoms with Crippen LogP contribution in [0.5, 0.6) is 5.75 Å². The normalized spacial score (nSPS) is 23.5. The molecule has 18 heteroatoms. The topological polar surface area (TPSA) is 164 Å². The van der Waals surface area contributed by atoms with Gasteiger partial charge in [-0.05, 0) is 43.7 Å². The summed E-state index contributed by atoms with van der Waals surface area (Å²) in [6.45, 7) is 2.29. The van der Waals surface area contributed by atoms with Crippen molar-refractivity contribution < 1.29 is 54.9 Å². The van der Waals surface area contributed by atoms with Crippen molar-refractivity contribution in [2.24, 2.45) is 0 Å². The molecule has 0 spiro atoms. The Labute approximate surface area is 246 Å². The lowest BCUT2D eigenvalue weighted by Gasteiger charge is -2.34. The molecular weight excluding hydrogens is 622 g/mol. The van der Waals surface area contributed by atoms with Gasteiger partial charge in [-0.1, -0.05) is 30.3 Å². The van der Waals surface area contributed by atoms with E-state index in [2.05, 4.69) is 10.1 Å². The number of ether oxygens (including phenoxy) is 2. The highest BCUT2D eigenvalue weighted by Crippen LogP contribution is 2.54. The van der Waals surface area contributed by atoms with Gasteiger partial charge in [0.05, 0.1) is 18.9 Å². The molecule has 44 heavy (non-hydrogen) atoms. The zero-order valence-corrected chi connectivity index (χ0v) is 24.2. The van der Waals surface area contributed by atoms with Gasteiger partial charge < -0.3 is 24.8 Å². The van der Waals surface area contributed by atoms with Gasteiger partial charge in [0.1, 0.15) is 11.8 Å². The number of benzene rings is 2. The van der Waals surface area contributed by atoms with Crippen molar-refractivity contribution >= 4 is 30.3 Å². The molecule has 12 nitrogen and oxygen atoms in total. The van der Waals surface area contributed by atoms with Crippen molar-refractivity contribution in [1.29, 1.82) is 0 Å². The zero-order valence-electron chi connectivity index (χ0n) is 23.3. The number of fused-ring (bicyclic) bond motifs is 1. The van der Waals surface area contributed by atoms with Crippen LogP contribution in [0.25, 0.3) is 10.8 Å². The number of nitrogen functional groups attached to an aromatic ring is 1. The number of alkyl halides is 4. The van der Waals surface area contributed by atoms with Gasteiger partial charge in [-0.3, -0.25) is 13.9 Å². The first-order valence-electron chi connectivity index (χ1n) is 13.0. The summed E-state index contributed by atoms with van der Waals surface area (Å²) in [6.07, 6.45) is -10.3. The van der Waals surface area contributed by atoms with Crippen LogP contribution in [0.1, 0.15) is 27.0 Å². The highest BCUT2D eigenvalue weighted by molar-refractivity contribution is 7.52. The van der Waals surface area contributed by atoms with E-state index < -0.39 is 80.1 Å². The Balaban J connectivity index is 1.70. The molecule has 0 saturated carbocycles. The average molecular weight is 650 g/mol. The number of hydrogen-bond acceptors (Lipinski definition) is 10. The average Bonchev–Trinajstić information content (AvgIpc) is 3.14. The number of carbonyl (C=O) groups is 1. The van der Waals surface area contributed by atoms with Gasteiger partial charge in [0, 0.05) is 0 Å². The first-order valence-corrected chi connectivity index (χ1v) is 14.5. The largest absolute Gasteiger partial charge is 0.462 e. The van der Waals surface area contributed by atoms with Crippen molar-refractivity contribution in [1.82, 2.24) is 14.6 Å². The third-order valence-electron chi connectivity index (χ3n) is 6.55. The van der Waals surface area contributed by atoms with E-state index in [0.717, 1.165) is 5.39 Å². The summed E-state index contributed by atoms with van der Waals surface area (Å²) in [5.41, 5.74) is -0.391. The van der Waals surface area contributed by atoms with Crippen molar-refractivity contribution in [2.45, 2.75) is 63.2 Å². The van der Waals surface area contributed by atoms with Gasteiger partial charge in [0.15, 0.2) is 24.0 Å². The van der Waals surface area contributed by atoms with Crippen molar-refractivity contribution in [3.63, 3.8) is 0 Å². The Bertz CT molecular complexity index is 1640. The standard InChI is InChI=1S/C26H28F5N4O8P/c1-13(2)41-22(37)14(3)34-44(39,43-17-9-8-15-6-4-5-7-16(15)10-17)40-12-25(23(28)29)26(30,31)19(36)21(42-25)35-11-18(27)20(32)33-24(35)38/h4-11,13-14,19,21,23,36H,12H2,1-3H3,(H,34,39)(H2,32,33,38)/t14-,19-,21+,25-,44?/m0/s1. The van der Waals surface area contributed by atoms with Crippen molar-refractivity contribution in [3.05, 3.63) is 65.0 Å². The summed E-state index contributed by atoms with van der Waals surface area (Å²) in [7, 11) is -5.04. The summed E-state index contributed by atoms with van der Waals surface area (Å²) in [4.78, 5) is 27.7. The first kappa shape index (κ1) is 33.3. The molecule has 1 aliphatic rings. The number of rotatable bonds is 11. The summed E-state index contributed by atoms with van der Waals surface area (Å²) in [5, 5.41) is 13.8. The maximum atomic E-state index is 15.5. The molecule has 0 aliphatic carbocycles. The summed E-state index contributed by atoms with van der Waals surface area (Å²) >= 11 is 0. The number of anilines is 1. The molecule has 0 radical (unpaired) electrons. The lowest BCUT2D eigenvalue weighted by Crippen LogP contribution is -2.57. The van der Waals surface area contributed by atoms with Gasteiger partial charge in [-0.15, -0.1) is 0 Å². The SMILES string of the molecule is CC(C)OC(=O)[C@H](C)NP(=O)(OC[C@@]1(C(F)F)O[C@@H](n2cc(F)c(N)nc2=O)[C@H](O)C1(F)F)Oc1ccc2ccccc2c1. The van der Waals surface area contributed by atoms with Crippen LogP contribution in [0.2, 0.25) is 0 Å². The summed E-state index contributed by atoms with van der Waals surface area (Å²) in [5.74, 6) is -8.35. The fraction of sp³-hybridized carbons (Fsp3) is 0.423. The molecule has 1 unspecified atom stereocenters. The van der Waals surface area contributed by atoms with E-state index in [1.165, 1.54) is 32.9 Å². The van der Waals surface area contributed by atoms with Crippen molar-refractivity contribution in [3.8, 4) is 5.75 Å². The molecular formula is C26H28F5N4O8P. The molecule has 2 heterocycles. The minimum absolute atomic E-state index is 0.0157. The lowest BCUT2D eigenvalue weighted by molar-refractivity contribution is -0.242. The quantitative estimate of drug-likeness (QED) is 0.157. The maximum Gasteiger partial charge on any atom is 0.459 e. The van der Waals surface area contributed by atoms with Crippen LogP contribution in [-0.4, -0.2) is 63.4 Å². The Kier molecular flexibility index (Phi) is 9.38. The lowest BCUT2D eigenvalue weighted by atomic mass is 9.95. The fourth-order valence-corrected chi connectivity index (χ4v) is 5.80. The predicted octanol–water partition coefficient (Wildman–Crippen LogP) is 3.78. The van der Waals surface area contributed by atoms with Gasteiger partial charge in [-0.25, -0.2) is 22.5 Å². The molecule has 2 aromatic carbocycles. The van der Waals surface area contributed by atoms with E-state index in [0.29, 0.717) is 5.39 Å². The monoisotopic (exact) mass is 650 g/mol. The second-order valence-electron chi connectivity index (χ2n) is 10.1. The van der Waals surface area contributed by atoms with Gasteiger partial charge in [0.2, 0.25) is 5.60 Å². The van der Waals surface area contributed by atoms with E-state index in [1.807, 2.05) is 0 Å². The molecule has 240 valence electrons. The van der Waals surface area contributed by atoms with Crippen molar-refractivity contribution in [2.75, 3.05) is 12.3 Å². The van der Waals surface area contributed by atoms with E-state index in [-0.39, 0.29) is 16.5 Å². The number of aliphatic hydroxyl groups excluding tert-OH is 1. The molecule has 5 atom stereocenters. The van der Waals surface area contributed by atoms with Crippen LogP contribution in [0.3, 0.4) is 0 Å². The third-order valence-corrected chi connectivity index (χ3v) is 8.17. The number of nitrogens with two attached hydrogens (primary N) is 1. The van der Waals surface area contributed by atoms with Gasteiger partial charge in [0.25, 0.3) is 6.43 Å². The number of carbonyl (C=O) groups excluding carboxylic acids is 1. The predicted molar refractivity (Wildman–Crippen MR) is 145 cm³/mol. The van der Waals surface area contributed by atoms with E-state index >= 15 is 8.78 Å². The number of hydrogen-bond donors (Lipinski definition) is 3. The van der Waals surface area contributed by atoms with E-state index in [9.17, 15) is 32.4 Å². The van der Waals surface area contributed by atoms with E-state index in [4.69, 9.17) is 24.3 Å². The molecule has 0 bridgehead atoms. The molecule has 1 aliphatic heterocycles. The maximum absolute atomic E-state index is 15.5. The van der Waals surface area contributed by atoms with Crippen LogP contribution < -0.4 is 21.0 Å². The minimum Gasteiger partial charge on any atom is -0.462 e. The second-order valence-corrected chi connectivity index (χ2v) is 11.8. The van der Waals surface area contributed by atoms with Crippen LogP contribution in [0, 0.1) is 5.82 Å². The minimum atomic E-state index is -5.04. The highest BCUT2D eigenvalue weighted by atomic mass is 31.2. The first-order chi connectivity index (χ1) is 20.5. The molecule has 4 rings (SSSR count). The molecule has 1 aromatic heterocycles. The Morgan fingerprint density at radius 1 is 1.20 bits per heavy atom. The van der Waals surface area contributed by atoms with Gasteiger partial charge >= 0.3 is 25.3 Å². The molecule has 1 saturated heterocycles. The number of nitrogens with one attached hydrogen (secondary N) is 1. The Hall–Kier alpha value is -3.63.